The number of aliphatic hydroxyl groups excluding tert-OH is 1. The number of benzene rings is 1. The summed E-state index contributed by atoms with van der Waals surface area (Å²) in [6.45, 7) is -0.196. The zero-order chi connectivity index (χ0) is 12.9. The van der Waals surface area contributed by atoms with Crippen LogP contribution >= 0.6 is 0 Å². The first-order chi connectivity index (χ1) is 7.99. The molecule has 1 aromatic rings. The Morgan fingerprint density at radius 2 is 1.94 bits per heavy atom. The van der Waals surface area contributed by atoms with Gasteiger partial charge >= 0.3 is 6.18 Å². The zero-order valence-corrected chi connectivity index (χ0v) is 9.25. The molecule has 0 aliphatic heterocycles. The van der Waals surface area contributed by atoms with E-state index in [2.05, 4.69) is 4.74 Å². The zero-order valence-electron chi connectivity index (χ0n) is 9.25. The molecule has 0 unspecified atom stereocenters. The Morgan fingerprint density at radius 3 is 2.47 bits per heavy atom. The maximum absolute atomic E-state index is 12.7. The van der Waals surface area contributed by atoms with Gasteiger partial charge in [0, 0.05) is 7.11 Å². The molecule has 0 saturated carbocycles. The van der Waals surface area contributed by atoms with E-state index in [9.17, 15) is 13.2 Å². The van der Waals surface area contributed by atoms with Crippen LogP contribution < -0.4 is 4.74 Å². The topological polar surface area (TPSA) is 38.7 Å². The van der Waals surface area contributed by atoms with Crippen LogP contribution in [0.4, 0.5) is 13.2 Å². The SMILES string of the molecule is COCCOc1ccc(CO)cc1C(F)(F)F. The van der Waals surface area contributed by atoms with Gasteiger partial charge in [0.2, 0.25) is 0 Å². The monoisotopic (exact) mass is 250 g/mol. The summed E-state index contributed by atoms with van der Waals surface area (Å²) in [7, 11) is 1.43. The van der Waals surface area contributed by atoms with Crippen molar-refractivity contribution >= 4 is 0 Å². The van der Waals surface area contributed by atoms with Crippen LogP contribution in [0.25, 0.3) is 0 Å². The molecule has 0 aliphatic rings. The Morgan fingerprint density at radius 1 is 1.24 bits per heavy atom. The van der Waals surface area contributed by atoms with Crippen LogP contribution in [-0.2, 0) is 17.5 Å². The number of ether oxygens (including phenoxy) is 2. The summed E-state index contributed by atoms with van der Waals surface area (Å²) >= 11 is 0. The lowest BCUT2D eigenvalue weighted by molar-refractivity contribution is -0.139. The number of halogens is 3. The molecule has 3 nitrogen and oxygen atoms in total. The minimum absolute atomic E-state index is 0.0397. The van der Waals surface area contributed by atoms with E-state index in [0.29, 0.717) is 0 Å². The van der Waals surface area contributed by atoms with Gasteiger partial charge in [-0.15, -0.1) is 0 Å². The normalized spacial score (nSPS) is 11.6. The largest absolute Gasteiger partial charge is 0.491 e. The van der Waals surface area contributed by atoms with Crippen LogP contribution in [0.1, 0.15) is 11.1 Å². The molecule has 0 bridgehead atoms. The molecule has 0 radical (unpaired) electrons. The van der Waals surface area contributed by atoms with Gasteiger partial charge in [-0.3, -0.25) is 0 Å². The van der Waals surface area contributed by atoms with Crippen molar-refractivity contribution in [2.24, 2.45) is 0 Å². The summed E-state index contributed by atoms with van der Waals surface area (Å²) in [5.74, 6) is -0.258. The molecule has 6 heteroatoms. The highest BCUT2D eigenvalue weighted by Crippen LogP contribution is 2.36. The van der Waals surface area contributed by atoms with E-state index in [1.54, 1.807) is 0 Å². The van der Waals surface area contributed by atoms with E-state index in [0.717, 1.165) is 6.07 Å². The molecule has 0 saturated heterocycles. The van der Waals surface area contributed by atoms with E-state index in [1.165, 1.54) is 19.2 Å². The Kier molecular flexibility index (Phi) is 4.77. The van der Waals surface area contributed by atoms with Gasteiger partial charge in [-0.25, -0.2) is 0 Å². The van der Waals surface area contributed by atoms with Crippen molar-refractivity contribution in [3.63, 3.8) is 0 Å². The number of hydrogen-bond donors (Lipinski definition) is 1. The highest BCUT2D eigenvalue weighted by molar-refractivity contribution is 5.39. The lowest BCUT2D eigenvalue weighted by Crippen LogP contribution is -2.12. The molecule has 0 aromatic heterocycles. The van der Waals surface area contributed by atoms with E-state index >= 15 is 0 Å². The predicted molar refractivity (Wildman–Crippen MR) is 54.7 cm³/mol. The Balaban J connectivity index is 2.95. The maximum atomic E-state index is 12.7. The molecule has 1 rings (SSSR count). The molecular weight excluding hydrogens is 237 g/mol. The van der Waals surface area contributed by atoms with E-state index < -0.39 is 18.3 Å². The fraction of sp³-hybridized carbons (Fsp3) is 0.455. The van der Waals surface area contributed by atoms with Gasteiger partial charge in [0.25, 0.3) is 0 Å². The van der Waals surface area contributed by atoms with Crippen LogP contribution in [-0.4, -0.2) is 25.4 Å². The second-order valence-electron chi connectivity index (χ2n) is 3.33. The van der Waals surface area contributed by atoms with Crippen LogP contribution in [0, 0.1) is 0 Å². The summed E-state index contributed by atoms with van der Waals surface area (Å²) in [6.07, 6.45) is -4.51. The standard InChI is InChI=1S/C11H13F3O3/c1-16-4-5-17-10-3-2-8(7-15)6-9(10)11(12,13)14/h2-3,6,15H,4-5,7H2,1H3. The molecule has 0 atom stereocenters. The van der Waals surface area contributed by atoms with Gasteiger partial charge in [-0.2, -0.15) is 13.2 Å². The van der Waals surface area contributed by atoms with Crippen molar-refractivity contribution in [2.75, 3.05) is 20.3 Å². The van der Waals surface area contributed by atoms with Crippen molar-refractivity contribution in [1.29, 1.82) is 0 Å². The Labute approximate surface area is 96.8 Å². The van der Waals surface area contributed by atoms with Crippen LogP contribution in [0.3, 0.4) is 0 Å². The second kappa shape index (κ2) is 5.88. The van der Waals surface area contributed by atoms with Crippen LogP contribution in [0.2, 0.25) is 0 Å². The summed E-state index contributed by atoms with van der Waals surface area (Å²) < 4.78 is 47.7. The smallest absolute Gasteiger partial charge is 0.419 e. The quantitative estimate of drug-likeness (QED) is 0.814. The molecule has 1 N–H and O–H groups in total. The molecule has 0 amide bonds. The predicted octanol–water partition coefficient (Wildman–Crippen LogP) is 2.22. The van der Waals surface area contributed by atoms with E-state index in [4.69, 9.17) is 9.84 Å². The van der Waals surface area contributed by atoms with Gasteiger partial charge < -0.3 is 14.6 Å². The van der Waals surface area contributed by atoms with Crippen LogP contribution in [0.15, 0.2) is 18.2 Å². The molecule has 0 fully saturated rings. The van der Waals surface area contributed by atoms with Crippen molar-refractivity contribution in [2.45, 2.75) is 12.8 Å². The minimum atomic E-state index is -4.51. The molecule has 1 aromatic carbocycles. The van der Waals surface area contributed by atoms with Gasteiger partial charge in [0.15, 0.2) is 0 Å². The summed E-state index contributed by atoms with van der Waals surface area (Å²) in [6, 6.07) is 3.46. The first-order valence-corrected chi connectivity index (χ1v) is 4.91. The average Bonchev–Trinajstić information content (AvgIpc) is 2.28. The van der Waals surface area contributed by atoms with Crippen LogP contribution in [0.5, 0.6) is 5.75 Å². The van der Waals surface area contributed by atoms with Crippen molar-refractivity contribution in [3.05, 3.63) is 29.3 Å². The Bertz CT molecular complexity index is 363. The highest BCUT2D eigenvalue weighted by Gasteiger charge is 2.34. The molecule has 0 spiro atoms. The van der Waals surface area contributed by atoms with E-state index in [-0.39, 0.29) is 24.5 Å². The second-order valence-corrected chi connectivity index (χ2v) is 3.33. The number of aliphatic hydroxyl groups is 1. The molecule has 0 aliphatic carbocycles. The van der Waals surface area contributed by atoms with Gasteiger partial charge in [-0.05, 0) is 17.7 Å². The molecule has 17 heavy (non-hydrogen) atoms. The number of rotatable bonds is 5. The Hall–Kier alpha value is -1.27. The van der Waals surface area contributed by atoms with Crippen molar-refractivity contribution < 1.29 is 27.8 Å². The third-order valence-electron chi connectivity index (χ3n) is 2.08. The average molecular weight is 250 g/mol. The molecule has 0 heterocycles. The number of hydrogen-bond acceptors (Lipinski definition) is 3. The van der Waals surface area contributed by atoms with Gasteiger partial charge in [-0.1, -0.05) is 6.07 Å². The van der Waals surface area contributed by atoms with Crippen molar-refractivity contribution in [3.8, 4) is 5.75 Å². The highest BCUT2D eigenvalue weighted by atomic mass is 19.4. The van der Waals surface area contributed by atoms with Gasteiger partial charge in [0.1, 0.15) is 12.4 Å². The maximum Gasteiger partial charge on any atom is 0.419 e. The molecular formula is C11H13F3O3. The van der Waals surface area contributed by atoms with E-state index in [1.807, 2.05) is 0 Å². The first kappa shape index (κ1) is 13.8. The lowest BCUT2D eigenvalue weighted by atomic mass is 10.1. The van der Waals surface area contributed by atoms with Gasteiger partial charge in [0.05, 0.1) is 18.8 Å². The summed E-state index contributed by atoms with van der Waals surface area (Å²) in [4.78, 5) is 0. The minimum Gasteiger partial charge on any atom is -0.491 e. The first-order valence-electron chi connectivity index (χ1n) is 4.91. The molecule has 96 valence electrons. The third-order valence-corrected chi connectivity index (χ3v) is 2.08. The van der Waals surface area contributed by atoms with Crippen molar-refractivity contribution in [1.82, 2.24) is 0 Å². The third kappa shape index (κ3) is 3.90. The summed E-state index contributed by atoms with van der Waals surface area (Å²) in [5, 5.41) is 8.80. The number of methoxy groups -OCH3 is 1. The lowest BCUT2D eigenvalue weighted by Gasteiger charge is -2.14. The number of alkyl halides is 3. The fourth-order valence-electron chi connectivity index (χ4n) is 1.26. The fourth-order valence-corrected chi connectivity index (χ4v) is 1.26. The summed E-state index contributed by atoms with van der Waals surface area (Å²) in [5.41, 5.74) is -0.698.